The molecule has 3 aromatic rings. The molecule has 0 aliphatic carbocycles. The van der Waals surface area contributed by atoms with Gasteiger partial charge in [-0.2, -0.15) is 9.40 Å². The number of hydrogen-bond acceptors (Lipinski definition) is 5. The zero-order chi connectivity index (χ0) is 27.5. The molecule has 3 atom stereocenters. The van der Waals surface area contributed by atoms with E-state index in [1.54, 1.807) is 34.8 Å². The average Bonchev–Trinajstić information content (AvgIpc) is 3.23. The maximum atomic E-state index is 13.8. The summed E-state index contributed by atoms with van der Waals surface area (Å²) >= 11 is 13.0. The molecule has 0 N–H and O–H groups in total. The predicted octanol–water partition coefficient (Wildman–Crippen LogP) is 6.64. The fourth-order valence-corrected chi connectivity index (χ4v) is 8.07. The number of aliphatic imine (C=N–C) groups is 1. The third kappa shape index (κ3) is 4.63. The number of aryl methyl sites for hydroxylation is 1. The van der Waals surface area contributed by atoms with Gasteiger partial charge in [0, 0.05) is 34.9 Å². The molecule has 3 aliphatic heterocycles. The van der Waals surface area contributed by atoms with Gasteiger partial charge in [-0.15, -0.1) is 0 Å². The zero-order valence-corrected chi connectivity index (χ0v) is 24.2. The molecule has 39 heavy (non-hydrogen) atoms. The number of amidine groups is 1. The first-order chi connectivity index (χ1) is 18.6. The van der Waals surface area contributed by atoms with Crippen molar-refractivity contribution in [2.45, 2.75) is 33.2 Å². The molecular weight excluding hydrogens is 553 g/mol. The molecule has 202 valence electrons. The lowest BCUT2D eigenvalue weighted by Gasteiger charge is -2.38. The Kier molecular flexibility index (Phi) is 6.70. The summed E-state index contributed by atoms with van der Waals surface area (Å²) in [6.45, 7) is 7.17. The summed E-state index contributed by atoms with van der Waals surface area (Å²) in [5.74, 6) is 1.90. The Morgan fingerprint density at radius 3 is 2.38 bits per heavy atom. The minimum Gasteiger partial charge on any atom is -0.320 e. The summed E-state index contributed by atoms with van der Waals surface area (Å²) < 4.78 is 31.1. The highest BCUT2D eigenvalue weighted by Crippen LogP contribution is 2.46. The highest BCUT2D eigenvalue weighted by Gasteiger charge is 2.39. The van der Waals surface area contributed by atoms with Crippen LogP contribution in [-0.4, -0.2) is 46.3 Å². The maximum Gasteiger partial charge on any atom is 0.244 e. The van der Waals surface area contributed by atoms with E-state index in [1.807, 2.05) is 52.9 Å². The summed E-state index contributed by atoms with van der Waals surface area (Å²) in [6, 6.07) is 14.8. The molecule has 0 amide bonds. The molecular formula is C29H29Cl2N5O2S. The van der Waals surface area contributed by atoms with Crippen LogP contribution in [0.2, 0.25) is 10.0 Å². The Morgan fingerprint density at radius 1 is 0.974 bits per heavy atom. The summed E-state index contributed by atoms with van der Waals surface area (Å²) in [5, 5.41) is 5.85. The van der Waals surface area contributed by atoms with Crippen molar-refractivity contribution in [2.24, 2.45) is 16.8 Å². The molecule has 0 saturated carbocycles. The number of fused-ring (bicyclic) bond motifs is 2. The fraction of sp³-hybridized carbons (Fsp3) is 0.310. The van der Waals surface area contributed by atoms with Gasteiger partial charge in [0.05, 0.1) is 22.3 Å². The Balaban J connectivity index is 1.51. The Hall–Kier alpha value is -2.91. The van der Waals surface area contributed by atoms with Gasteiger partial charge in [-0.3, -0.25) is 0 Å². The number of nitrogens with zero attached hydrogens (tertiary/aromatic N) is 5. The number of aromatic nitrogens is 2. The number of para-hydroxylation sites is 1. The van der Waals surface area contributed by atoms with Crippen LogP contribution in [0.3, 0.4) is 0 Å². The fourth-order valence-electron chi connectivity index (χ4n) is 5.87. The van der Waals surface area contributed by atoms with E-state index in [9.17, 15) is 8.42 Å². The van der Waals surface area contributed by atoms with E-state index in [0.29, 0.717) is 46.6 Å². The predicted molar refractivity (Wildman–Crippen MR) is 156 cm³/mol. The van der Waals surface area contributed by atoms with E-state index < -0.39 is 16.1 Å². The van der Waals surface area contributed by atoms with Crippen LogP contribution in [0.15, 0.2) is 76.8 Å². The standard InChI is InChI=1S/C29H29Cl2N5O2S/c1-18-13-19(2)16-34(15-18)39(37,38)23-10-12-26-32-29-27(20(3)33-36(29)22-7-5-4-6-8-22)28(35(26)17-23)24-11-9-21(30)14-25(24)31/h4-12,14,17-19,28H,13,15-16H2,1-3H3/t18-,19-,28+/m1/s1. The Morgan fingerprint density at radius 2 is 1.69 bits per heavy atom. The van der Waals surface area contributed by atoms with Gasteiger partial charge in [0.25, 0.3) is 0 Å². The lowest BCUT2D eigenvalue weighted by Crippen LogP contribution is -2.44. The quantitative estimate of drug-likeness (QED) is 0.346. The smallest absolute Gasteiger partial charge is 0.244 e. The molecule has 1 fully saturated rings. The lowest BCUT2D eigenvalue weighted by molar-refractivity contribution is 0.224. The molecule has 6 rings (SSSR count). The van der Waals surface area contributed by atoms with Crippen LogP contribution in [0.25, 0.3) is 5.69 Å². The van der Waals surface area contributed by atoms with Crippen LogP contribution in [-0.2, 0) is 10.0 Å². The molecule has 0 bridgehead atoms. The van der Waals surface area contributed by atoms with E-state index in [1.165, 1.54) is 0 Å². The highest BCUT2D eigenvalue weighted by molar-refractivity contribution is 7.93. The highest BCUT2D eigenvalue weighted by atomic mass is 35.5. The minimum atomic E-state index is -3.71. The summed E-state index contributed by atoms with van der Waals surface area (Å²) in [5.41, 5.74) is 3.30. The van der Waals surface area contributed by atoms with Crippen LogP contribution >= 0.6 is 23.2 Å². The summed E-state index contributed by atoms with van der Waals surface area (Å²) in [4.78, 5) is 7.10. The normalized spacial score (nSPS) is 23.2. The number of rotatable bonds is 4. The molecule has 1 aromatic heterocycles. The Labute approximate surface area is 239 Å². The second kappa shape index (κ2) is 9.93. The lowest BCUT2D eigenvalue weighted by atomic mass is 9.94. The van der Waals surface area contributed by atoms with Crippen molar-refractivity contribution < 1.29 is 8.42 Å². The zero-order valence-electron chi connectivity index (χ0n) is 21.9. The third-order valence-corrected chi connectivity index (χ3v) is 9.89. The van der Waals surface area contributed by atoms with E-state index in [0.717, 1.165) is 28.9 Å². The molecule has 2 aromatic carbocycles. The summed E-state index contributed by atoms with van der Waals surface area (Å²) in [6.07, 6.45) is 6.13. The number of sulfonamides is 1. The van der Waals surface area contributed by atoms with Crippen LogP contribution in [0.5, 0.6) is 0 Å². The topological polar surface area (TPSA) is 70.8 Å². The van der Waals surface area contributed by atoms with Gasteiger partial charge in [-0.05, 0) is 67.2 Å². The van der Waals surface area contributed by atoms with Crippen molar-refractivity contribution in [1.82, 2.24) is 19.0 Å². The van der Waals surface area contributed by atoms with E-state index >= 15 is 0 Å². The number of piperidine rings is 1. The van der Waals surface area contributed by atoms with Gasteiger partial charge in [-0.1, -0.05) is 61.3 Å². The van der Waals surface area contributed by atoms with Gasteiger partial charge in [-0.25, -0.2) is 18.1 Å². The van der Waals surface area contributed by atoms with Gasteiger partial charge in [0.15, 0.2) is 5.82 Å². The number of allylic oxidation sites excluding steroid dienone is 1. The van der Waals surface area contributed by atoms with Gasteiger partial charge in [0.1, 0.15) is 5.84 Å². The van der Waals surface area contributed by atoms with Gasteiger partial charge >= 0.3 is 0 Å². The van der Waals surface area contributed by atoms with Crippen molar-refractivity contribution in [3.05, 3.63) is 98.7 Å². The van der Waals surface area contributed by atoms with Crippen LogP contribution in [0, 0.1) is 18.8 Å². The van der Waals surface area contributed by atoms with Crippen molar-refractivity contribution >= 4 is 44.9 Å². The minimum absolute atomic E-state index is 0.231. The number of halogens is 2. The molecule has 10 heteroatoms. The van der Waals surface area contributed by atoms with Crippen LogP contribution in [0.4, 0.5) is 5.82 Å². The first-order valence-corrected chi connectivity index (χ1v) is 15.2. The van der Waals surface area contributed by atoms with E-state index in [2.05, 4.69) is 13.8 Å². The Bertz CT molecular complexity index is 1640. The van der Waals surface area contributed by atoms with E-state index in [-0.39, 0.29) is 4.91 Å². The second-order valence-corrected chi connectivity index (χ2v) is 13.4. The van der Waals surface area contributed by atoms with Gasteiger partial charge in [0.2, 0.25) is 10.0 Å². The third-order valence-electron chi connectivity index (χ3n) is 7.51. The van der Waals surface area contributed by atoms with Crippen molar-refractivity contribution in [1.29, 1.82) is 0 Å². The molecule has 4 heterocycles. The number of benzene rings is 2. The SMILES string of the molecule is Cc1nn(-c2ccccc2)c2c1[C@H](c1ccc(Cl)cc1Cl)N1C=C(S(=O)(=O)N3C[C@H](C)C[C@@H](C)C3)C=CC1=N2. The van der Waals surface area contributed by atoms with Crippen molar-refractivity contribution in [3.8, 4) is 5.69 Å². The molecule has 3 aliphatic rings. The van der Waals surface area contributed by atoms with Crippen LogP contribution < -0.4 is 0 Å². The van der Waals surface area contributed by atoms with E-state index in [4.69, 9.17) is 33.3 Å². The van der Waals surface area contributed by atoms with Gasteiger partial charge < -0.3 is 4.90 Å². The first-order valence-electron chi connectivity index (χ1n) is 13.0. The van der Waals surface area contributed by atoms with Crippen molar-refractivity contribution in [2.75, 3.05) is 13.1 Å². The average molecular weight is 583 g/mol. The maximum absolute atomic E-state index is 13.8. The molecule has 0 unspecified atom stereocenters. The van der Waals surface area contributed by atoms with Crippen molar-refractivity contribution in [3.63, 3.8) is 0 Å². The molecule has 1 saturated heterocycles. The monoisotopic (exact) mass is 581 g/mol. The summed E-state index contributed by atoms with van der Waals surface area (Å²) in [7, 11) is -3.71. The molecule has 7 nitrogen and oxygen atoms in total. The molecule has 0 spiro atoms. The largest absolute Gasteiger partial charge is 0.320 e. The number of hydrogen-bond donors (Lipinski definition) is 0. The first kappa shape index (κ1) is 26.3. The van der Waals surface area contributed by atoms with Crippen LogP contribution in [0.1, 0.15) is 43.1 Å². The second-order valence-electron chi connectivity index (χ2n) is 10.6. The molecule has 0 radical (unpaired) electrons.